The normalized spacial score (nSPS) is 23.6. The van der Waals surface area contributed by atoms with Crippen LogP contribution in [0.2, 0.25) is 0 Å². The number of rotatable bonds is 11. The maximum Gasteiger partial charge on any atom is 0.250 e. The molecule has 186 valence electrons. The van der Waals surface area contributed by atoms with Crippen LogP contribution >= 0.6 is 11.3 Å². The fraction of sp³-hybridized carbons (Fsp3) is 0.276. The Balaban J connectivity index is 1.38. The van der Waals surface area contributed by atoms with Crippen LogP contribution in [0.3, 0.4) is 0 Å². The average molecular weight is 504 g/mol. The zero-order valence-corrected chi connectivity index (χ0v) is 20.6. The van der Waals surface area contributed by atoms with Crippen LogP contribution in [0.25, 0.3) is 0 Å². The van der Waals surface area contributed by atoms with Crippen LogP contribution < -0.4 is 0 Å². The van der Waals surface area contributed by atoms with Crippen LogP contribution in [0.15, 0.2) is 103 Å². The Kier molecular flexibility index (Phi) is 8.18. The van der Waals surface area contributed by atoms with Crippen molar-refractivity contribution in [2.45, 2.75) is 43.9 Å². The van der Waals surface area contributed by atoms with Crippen LogP contribution in [-0.4, -0.2) is 35.0 Å². The number of aliphatic hydroxyl groups is 1. The van der Waals surface area contributed by atoms with Gasteiger partial charge in [-0.05, 0) is 16.7 Å². The third-order valence-corrected chi connectivity index (χ3v) is 6.95. The third kappa shape index (κ3) is 5.90. The Hall–Kier alpha value is -2.91. The van der Waals surface area contributed by atoms with Gasteiger partial charge in [0.1, 0.15) is 18.3 Å². The molecule has 36 heavy (non-hydrogen) atoms. The second-order valence-electron chi connectivity index (χ2n) is 8.67. The van der Waals surface area contributed by atoms with E-state index in [2.05, 4.69) is 4.98 Å². The number of ether oxygens (including phenoxy) is 4. The smallest absolute Gasteiger partial charge is 0.250 e. The van der Waals surface area contributed by atoms with Crippen molar-refractivity contribution in [1.82, 2.24) is 4.98 Å². The van der Waals surface area contributed by atoms with Gasteiger partial charge in [-0.15, -0.1) is 11.3 Å². The Labute approximate surface area is 215 Å². The molecule has 0 saturated carbocycles. The quantitative estimate of drug-likeness (QED) is 0.308. The highest BCUT2D eigenvalue weighted by atomic mass is 32.1. The van der Waals surface area contributed by atoms with Crippen molar-refractivity contribution >= 4 is 11.3 Å². The summed E-state index contributed by atoms with van der Waals surface area (Å²) in [6.07, 6.45) is -0.308. The summed E-state index contributed by atoms with van der Waals surface area (Å²) in [6.45, 7) is 1.30. The van der Waals surface area contributed by atoms with Crippen molar-refractivity contribution in [2.75, 3.05) is 6.61 Å². The number of aromatic nitrogens is 1. The molecule has 5 rings (SSSR count). The molecule has 0 unspecified atom stereocenters. The minimum atomic E-state index is -1.76. The molecule has 4 atom stereocenters. The summed E-state index contributed by atoms with van der Waals surface area (Å²) in [4.78, 5) is 4.36. The van der Waals surface area contributed by atoms with Crippen molar-refractivity contribution in [1.29, 1.82) is 0 Å². The second-order valence-corrected chi connectivity index (χ2v) is 9.56. The molecule has 0 bridgehead atoms. The van der Waals surface area contributed by atoms with Gasteiger partial charge in [-0.2, -0.15) is 0 Å². The first-order valence-electron chi connectivity index (χ1n) is 12.0. The molecule has 0 spiro atoms. The van der Waals surface area contributed by atoms with Gasteiger partial charge in [0.25, 0.3) is 0 Å². The van der Waals surface area contributed by atoms with E-state index in [9.17, 15) is 5.11 Å². The summed E-state index contributed by atoms with van der Waals surface area (Å²) in [5, 5.41) is 14.0. The van der Waals surface area contributed by atoms with Gasteiger partial charge in [0.2, 0.25) is 5.79 Å². The molecule has 4 aromatic rings. The van der Waals surface area contributed by atoms with E-state index in [0.29, 0.717) is 24.8 Å². The summed E-state index contributed by atoms with van der Waals surface area (Å²) in [6, 6.07) is 29.7. The summed E-state index contributed by atoms with van der Waals surface area (Å²) < 4.78 is 25.0. The number of hydrogen-bond acceptors (Lipinski definition) is 7. The maximum absolute atomic E-state index is 11.8. The van der Waals surface area contributed by atoms with Crippen LogP contribution in [0.5, 0.6) is 0 Å². The molecule has 1 aliphatic rings. The molecule has 1 aromatic heterocycles. The predicted octanol–water partition coefficient (Wildman–Crippen LogP) is 5.07. The van der Waals surface area contributed by atoms with Gasteiger partial charge in [-0.3, -0.25) is 0 Å². The summed E-state index contributed by atoms with van der Waals surface area (Å²) in [5.41, 5.74) is 3.07. The molecular weight excluding hydrogens is 474 g/mol. The molecule has 3 aromatic carbocycles. The lowest BCUT2D eigenvalue weighted by atomic mass is 10.0. The monoisotopic (exact) mass is 503 g/mol. The van der Waals surface area contributed by atoms with E-state index < -0.39 is 24.1 Å². The minimum Gasteiger partial charge on any atom is -0.374 e. The van der Waals surface area contributed by atoms with Gasteiger partial charge >= 0.3 is 0 Å². The Bertz CT molecular complexity index is 1180. The summed E-state index contributed by atoms with van der Waals surface area (Å²) >= 11 is 1.32. The van der Waals surface area contributed by atoms with Crippen LogP contribution in [0, 0.1) is 0 Å². The molecule has 6 nitrogen and oxygen atoms in total. The van der Waals surface area contributed by atoms with Crippen molar-refractivity contribution < 1.29 is 24.1 Å². The van der Waals surface area contributed by atoms with E-state index in [1.54, 1.807) is 6.20 Å². The van der Waals surface area contributed by atoms with Gasteiger partial charge < -0.3 is 24.1 Å². The molecule has 1 saturated heterocycles. The molecule has 0 amide bonds. The lowest BCUT2D eigenvalue weighted by Crippen LogP contribution is -2.44. The average Bonchev–Trinajstić information content (AvgIpc) is 3.56. The highest BCUT2D eigenvalue weighted by Crippen LogP contribution is 2.42. The van der Waals surface area contributed by atoms with E-state index >= 15 is 0 Å². The van der Waals surface area contributed by atoms with E-state index in [4.69, 9.17) is 18.9 Å². The Morgan fingerprint density at radius 1 is 0.778 bits per heavy atom. The van der Waals surface area contributed by atoms with E-state index in [1.807, 2.05) is 96.4 Å². The zero-order chi connectivity index (χ0) is 24.6. The Morgan fingerprint density at radius 2 is 1.33 bits per heavy atom. The van der Waals surface area contributed by atoms with Gasteiger partial charge in [-0.25, -0.2) is 4.98 Å². The van der Waals surface area contributed by atoms with Crippen LogP contribution in [0.4, 0.5) is 0 Å². The van der Waals surface area contributed by atoms with Gasteiger partial charge in [0.05, 0.1) is 26.4 Å². The molecule has 1 fully saturated rings. The topological polar surface area (TPSA) is 70.0 Å². The first kappa shape index (κ1) is 24.8. The number of nitrogens with zero attached hydrogens (tertiary/aromatic N) is 1. The van der Waals surface area contributed by atoms with Crippen molar-refractivity contribution in [3.63, 3.8) is 0 Å². The largest absolute Gasteiger partial charge is 0.374 e. The highest BCUT2D eigenvalue weighted by Gasteiger charge is 2.58. The first-order chi connectivity index (χ1) is 17.7. The maximum atomic E-state index is 11.8. The van der Waals surface area contributed by atoms with Crippen LogP contribution in [-0.2, 0) is 44.6 Å². The molecule has 2 heterocycles. The first-order valence-corrected chi connectivity index (χ1v) is 12.8. The fourth-order valence-electron chi connectivity index (χ4n) is 4.28. The molecular formula is C29H29NO5S. The van der Waals surface area contributed by atoms with E-state index in [0.717, 1.165) is 16.7 Å². The predicted molar refractivity (Wildman–Crippen MR) is 137 cm³/mol. The zero-order valence-electron chi connectivity index (χ0n) is 19.8. The number of thiazole rings is 1. The minimum absolute atomic E-state index is 0.229. The molecule has 7 heteroatoms. The standard InChI is InChI=1S/C29H29NO5S/c31-29(28-30-16-17-36-28)27(34-20-24-14-8-3-9-15-24)26(33-19-23-12-6-2-7-13-23)25(35-29)21-32-18-22-10-4-1-5-11-22/h1-17,25-27,31H,18-21H2/t25-,26-,27-,29+/m1/s1. The lowest BCUT2D eigenvalue weighted by molar-refractivity contribution is -0.253. The van der Waals surface area contributed by atoms with Gasteiger partial charge in [0.15, 0.2) is 5.01 Å². The summed E-state index contributed by atoms with van der Waals surface area (Å²) in [7, 11) is 0. The highest BCUT2D eigenvalue weighted by molar-refractivity contribution is 7.09. The van der Waals surface area contributed by atoms with E-state index in [1.165, 1.54) is 11.3 Å². The summed E-state index contributed by atoms with van der Waals surface area (Å²) in [5.74, 6) is -1.76. The fourth-order valence-corrected chi connectivity index (χ4v) is 4.99. The molecule has 0 aliphatic carbocycles. The van der Waals surface area contributed by atoms with Crippen LogP contribution in [0.1, 0.15) is 21.7 Å². The van der Waals surface area contributed by atoms with Crippen molar-refractivity contribution in [2.24, 2.45) is 0 Å². The number of benzene rings is 3. The van der Waals surface area contributed by atoms with E-state index in [-0.39, 0.29) is 6.61 Å². The second kappa shape index (κ2) is 11.9. The number of hydrogen-bond donors (Lipinski definition) is 1. The van der Waals surface area contributed by atoms with Crippen molar-refractivity contribution in [3.8, 4) is 0 Å². The SMILES string of the molecule is O[C@]1(c2nccs2)O[C@H](COCc2ccccc2)[C@@H](OCc2ccccc2)[C@H]1OCc1ccccc1. The van der Waals surface area contributed by atoms with Gasteiger partial charge in [-0.1, -0.05) is 91.0 Å². The molecule has 0 radical (unpaired) electrons. The Morgan fingerprint density at radius 3 is 1.89 bits per heavy atom. The third-order valence-electron chi connectivity index (χ3n) is 6.07. The van der Waals surface area contributed by atoms with Gasteiger partial charge in [0, 0.05) is 11.6 Å². The molecule has 1 N–H and O–H groups in total. The molecule has 1 aliphatic heterocycles. The van der Waals surface area contributed by atoms with Crippen molar-refractivity contribution in [3.05, 3.63) is 124 Å². The lowest BCUT2D eigenvalue weighted by Gasteiger charge is -2.29.